The van der Waals surface area contributed by atoms with Crippen molar-refractivity contribution in [3.8, 4) is 16.9 Å². The SMILES string of the molecule is Cc1noc(C)c1-c1ccc2[nH]c(=O)n3c2c1OCC3(C(N)=O)c1ccccn1.O=C(O)C(F)(F)F.[K]. The van der Waals surface area contributed by atoms with Gasteiger partial charge in [-0.15, -0.1) is 0 Å². The maximum atomic E-state index is 13.0. The van der Waals surface area contributed by atoms with E-state index in [-0.39, 0.29) is 58.0 Å². The van der Waals surface area contributed by atoms with Gasteiger partial charge in [-0.1, -0.05) is 11.2 Å². The number of nitrogens with zero attached hydrogens (tertiary/aromatic N) is 3. The van der Waals surface area contributed by atoms with Crippen molar-refractivity contribution in [1.82, 2.24) is 19.7 Å². The summed E-state index contributed by atoms with van der Waals surface area (Å²) in [7, 11) is 0. The summed E-state index contributed by atoms with van der Waals surface area (Å²) in [4.78, 5) is 41.7. The number of carbonyl (C=O) groups excluding carboxylic acids is 1. The molecule has 0 aliphatic carbocycles. The Balaban J connectivity index is 0.000000422. The summed E-state index contributed by atoms with van der Waals surface area (Å²) < 4.78 is 44.5. The van der Waals surface area contributed by atoms with Crippen molar-refractivity contribution in [2.24, 2.45) is 5.73 Å². The van der Waals surface area contributed by atoms with E-state index in [4.69, 9.17) is 24.9 Å². The van der Waals surface area contributed by atoms with Gasteiger partial charge in [-0.25, -0.2) is 9.59 Å². The number of primary amides is 1. The Morgan fingerprint density at radius 1 is 1.22 bits per heavy atom. The van der Waals surface area contributed by atoms with Crippen LogP contribution >= 0.6 is 0 Å². The van der Waals surface area contributed by atoms with Crippen molar-refractivity contribution in [3.63, 3.8) is 0 Å². The van der Waals surface area contributed by atoms with E-state index in [0.717, 1.165) is 11.1 Å². The fourth-order valence-corrected chi connectivity index (χ4v) is 4.09. The quantitative estimate of drug-likeness (QED) is 0.329. The van der Waals surface area contributed by atoms with Gasteiger partial charge in [-0.2, -0.15) is 13.2 Å². The summed E-state index contributed by atoms with van der Waals surface area (Å²) in [6.07, 6.45) is -3.54. The fourth-order valence-electron chi connectivity index (χ4n) is 4.09. The zero-order valence-electron chi connectivity index (χ0n) is 19.7. The summed E-state index contributed by atoms with van der Waals surface area (Å²) >= 11 is 0. The number of hydrogen-bond acceptors (Lipinski definition) is 7. The second-order valence-electron chi connectivity index (χ2n) is 7.83. The summed E-state index contributed by atoms with van der Waals surface area (Å²) in [6, 6.07) is 8.71. The molecule has 1 radical (unpaired) electrons. The van der Waals surface area contributed by atoms with Crippen molar-refractivity contribution in [2.75, 3.05) is 6.61 Å². The van der Waals surface area contributed by atoms with E-state index >= 15 is 0 Å². The molecule has 15 heteroatoms. The number of benzene rings is 1. The van der Waals surface area contributed by atoms with Gasteiger partial charge < -0.3 is 25.1 Å². The number of nitrogens with one attached hydrogen (secondary N) is 1. The Kier molecular flexibility index (Phi) is 8.04. The molecule has 0 saturated heterocycles. The Morgan fingerprint density at radius 2 is 1.89 bits per heavy atom. The molecule has 0 bridgehead atoms. The molecule has 3 aromatic heterocycles. The van der Waals surface area contributed by atoms with Gasteiger partial charge in [0.25, 0.3) is 5.91 Å². The molecule has 4 aromatic rings. The number of halogens is 3. The molecule has 37 heavy (non-hydrogen) atoms. The minimum absolute atomic E-state index is 0. The average molecular weight is 545 g/mol. The number of ether oxygens (including phenoxy) is 1. The Morgan fingerprint density at radius 3 is 2.41 bits per heavy atom. The van der Waals surface area contributed by atoms with Crippen molar-refractivity contribution >= 4 is 74.3 Å². The van der Waals surface area contributed by atoms with Crippen molar-refractivity contribution in [1.29, 1.82) is 0 Å². The molecule has 189 valence electrons. The number of nitrogens with two attached hydrogens (primary N) is 1. The van der Waals surface area contributed by atoms with E-state index < -0.39 is 29.3 Å². The second-order valence-corrected chi connectivity index (χ2v) is 7.83. The number of pyridine rings is 1. The molecule has 1 aliphatic rings. The normalized spacial score (nSPS) is 16.2. The van der Waals surface area contributed by atoms with Gasteiger partial charge in [0.05, 0.1) is 22.5 Å². The minimum Gasteiger partial charge on any atom is -0.487 e. The van der Waals surface area contributed by atoms with Crippen LogP contribution in [-0.2, 0) is 15.1 Å². The zero-order chi connectivity index (χ0) is 26.4. The van der Waals surface area contributed by atoms with Crippen LogP contribution in [0.4, 0.5) is 13.2 Å². The number of carboxylic acids is 1. The number of alkyl halides is 3. The third-order valence-corrected chi connectivity index (χ3v) is 5.65. The van der Waals surface area contributed by atoms with Crippen molar-refractivity contribution < 1.29 is 37.1 Å². The molecule has 4 heterocycles. The van der Waals surface area contributed by atoms with Gasteiger partial charge in [-0.05, 0) is 38.1 Å². The summed E-state index contributed by atoms with van der Waals surface area (Å²) in [5.41, 5.74) is 7.30. The van der Waals surface area contributed by atoms with Gasteiger partial charge in [0.2, 0.25) is 5.54 Å². The number of aromatic nitrogens is 4. The first-order valence-corrected chi connectivity index (χ1v) is 10.3. The van der Waals surface area contributed by atoms with Crippen LogP contribution < -0.4 is 16.2 Å². The van der Waals surface area contributed by atoms with Crippen LogP contribution in [-0.4, -0.2) is 101 Å². The first-order valence-electron chi connectivity index (χ1n) is 10.3. The Bertz CT molecular complexity index is 1530. The van der Waals surface area contributed by atoms with E-state index in [2.05, 4.69) is 15.1 Å². The fraction of sp³-hybridized carbons (Fsp3) is 0.227. The van der Waals surface area contributed by atoms with Crippen LogP contribution in [0, 0.1) is 13.8 Å². The molecule has 4 N–H and O–H groups in total. The Hall–Kier alpha value is -2.98. The van der Waals surface area contributed by atoms with Gasteiger partial charge in [0.15, 0.2) is 5.75 Å². The third kappa shape index (κ3) is 4.84. The van der Waals surface area contributed by atoms with Crippen molar-refractivity contribution in [3.05, 3.63) is 64.2 Å². The molecular weight excluding hydrogens is 526 g/mol. The number of aryl methyl sites for hydroxylation is 2. The number of H-pyrrole nitrogens is 1. The van der Waals surface area contributed by atoms with Crippen LogP contribution in [0.25, 0.3) is 22.2 Å². The average Bonchev–Trinajstić information content (AvgIpc) is 3.34. The number of aromatic amines is 1. The van der Waals surface area contributed by atoms with Crippen LogP contribution in [0.2, 0.25) is 0 Å². The van der Waals surface area contributed by atoms with E-state index in [9.17, 15) is 22.8 Å². The number of carbonyl (C=O) groups is 2. The van der Waals surface area contributed by atoms with Gasteiger partial charge >= 0.3 is 17.8 Å². The van der Waals surface area contributed by atoms with Crippen LogP contribution in [0.1, 0.15) is 17.1 Å². The molecule has 1 aliphatic heterocycles. The van der Waals surface area contributed by atoms with Crippen LogP contribution in [0.15, 0.2) is 45.8 Å². The number of amides is 1. The van der Waals surface area contributed by atoms with E-state index in [1.54, 1.807) is 37.4 Å². The monoisotopic (exact) mass is 544 g/mol. The van der Waals surface area contributed by atoms with Crippen LogP contribution in [0.5, 0.6) is 5.75 Å². The van der Waals surface area contributed by atoms with Gasteiger partial charge in [0.1, 0.15) is 17.9 Å². The molecule has 1 unspecified atom stereocenters. The molecular formula is C22H18F3KN5O6. The molecule has 0 fully saturated rings. The molecule has 1 atom stereocenters. The van der Waals surface area contributed by atoms with Crippen molar-refractivity contribution in [2.45, 2.75) is 25.6 Å². The molecule has 0 saturated carbocycles. The molecule has 1 aromatic carbocycles. The summed E-state index contributed by atoms with van der Waals surface area (Å²) in [5, 5.41) is 11.1. The number of hydrogen-bond donors (Lipinski definition) is 3. The van der Waals surface area contributed by atoms with Crippen LogP contribution in [0.3, 0.4) is 0 Å². The first kappa shape index (κ1) is 28.6. The summed E-state index contributed by atoms with van der Waals surface area (Å²) in [6.45, 7) is 3.47. The third-order valence-electron chi connectivity index (χ3n) is 5.65. The maximum Gasteiger partial charge on any atom is 0.490 e. The standard InChI is InChI=1S/C20H17N5O4.C2HF3O2.K/c1-10-15(11(2)29-24-10)12-6-7-13-16-17(12)28-9-20(18(21)26,25(16)19(27)23-13)14-5-3-4-8-22-14;3-2(4,5)1(6)7;/h3-8H,9H2,1-2H3,(H2,21,26)(H,23,27);(H,6,7);. The second kappa shape index (κ2) is 10.4. The number of aliphatic carboxylic acids is 1. The minimum atomic E-state index is -5.08. The topological polar surface area (TPSA) is 166 Å². The number of rotatable bonds is 3. The molecule has 0 spiro atoms. The molecule has 5 rings (SSSR count). The largest absolute Gasteiger partial charge is 0.490 e. The molecule has 1 amide bonds. The predicted molar refractivity (Wildman–Crippen MR) is 123 cm³/mol. The van der Waals surface area contributed by atoms with E-state index in [1.165, 1.54) is 4.57 Å². The maximum absolute atomic E-state index is 13.0. The Labute approximate surface area is 248 Å². The molecule has 11 nitrogen and oxygen atoms in total. The summed E-state index contributed by atoms with van der Waals surface area (Å²) in [5.74, 6) is -2.40. The number of imidazole rings is 1. The smallest absolute Gasteiger partial charge is 0.487 e. The van der Waals surface area contributed by atoms with Gasteiger partial charge in [-0.3, -0.25) is 14.3 Å². The first-order chi connectivity index (χ1) is 16.9. The predicted octanol–water partition coefficient (Wildman–Crippen LogP) is 1.87. The van der Waals surface area contributed by atoms with E-state index in [1.807, 2.05) is 13.0 Å². The van der Waals surface area contributed by atoms with E-state index in [0.29, 0.717) is 33.9 Å². The van der Waals surface area contributed by atoms with Gasteiger partial charge in [0, 0.05) is 63.1 Å². The number of carboxylic acid groups (broad SMARTS) is 1. The zero-order valence-corrected chi connectivity index (χ0v) is 22.8.